The third-order valence-corrected chi connectivity index (χ3v) is 5.49. The smallest absolute Gasteiger partial charge is 0.279 e. The normalized spacial score (nSPS) is 20.8. The highest BCUT2D eigenvalue weighted by Crippen LogP contribution is 2.19. The maximum Gasteiger partial charge on any atom is 0.279 e. The topological polar surface area (TPSA) is 70.7 Å². The van der Waals surface area contributed by atoms with Crippen LogP contribution in [0.1, 0.15) is 45.4 Å². The Morgan fingerprint density at radius 2 is 2.05 bits per heavy atom. The summed E-state index contributed by atoms with van der Waals surface area (Å²) in [6, 6.07) is 0.0877. The molecule has 6 nitrogen and oxygen atoms in total. The maximum absolute atomic E-state index is 12.4. The molecule has 1 atom stereocenters. The number of piperidine rings is 1. The fourth-order valence-corrected chi connectivity index (χ4v) is 4.15. The van der Waals surface area contributed by atoms with Crippen LogP contribution in [0.5, 0.6) is 0 Å². The molecular formula is C14H31N3O3S. The maximum atomic E-state index is 12.4. The van der Waals surface area contributed by atoms with Gasteiger partial charge in [-0.1, -0.05) is 13.3 Å². The number of methoxy groups -OCH3 is 1. The molecule has 1 aliphatic heterocycles. The predicted octanol–water partition coefficient (Wildman–Crippen LogP) is 1.10. The van der Waals surface area contributed by atoms with Gasteiger partial charge in [-0.15, -0.1) is 0 Å². The molecular weight excluding hydrogens is 290 g/mol. The molecule has 7 heteroatoms. The van der Waals surface area contributed by atoms with E-state index in [0.29, 0.717) is 13.1 Å². The Labute approximate surface area is 129 Å². The molecule has 0 aromatic heterocycles. The van der Waals surface area contributed by atoms with Gasteiger partial charge in [-0.3, -0.25) is 0 Å². The SMILES string of the molecule is CCNCC1CCCCN1S(=O)(=O)NCCCCCOC. The van der Waals surface area contributed by atoms with Crippen molar-refractivity contribution in [3.05, 3.63) is 0 Å². The number of unbranched alkanes of at least 4 members (excludes halogenated alkanes) is 2. The summed E-state index contributed by atoms with van der Waals surface area (Å²) in [7, 11) is -1.66. The fraction of sp³-hybridized carbons (Fsp3) is 1.00. The van der Waals surface area contributed by atoms with Gasteiger partial charge in [-0.2, -0.15) is 12.7 Å². The van der Waals surface area contributed by atoms with E-state index >= 15 is 0 Å². The van der Waals surface area contributed by atoms with Crippen molar-refractivity contribution in [2.75, 3.05) is 39.9 Å². The van der Waals surface area contributed by atoms with E-state index in [1.165, 1.54) is 0 Å². The quantitative estimate of drug-likeness (QED) is 0.559. The molecule has 126 valence electrons. The minimum atomic E-state index is -3.34. The van der Waals surface area contributed by atoms with Gasteiger partial charge in [0, 0.05) is 39.4 Å². The van der Waals surface area contributed by atoms with E-state index in [4.69, 9.17) is 4.74 Å². The van der Waals surface area contributed by atoms with Crippen LogP contribution in [0.25, 0.3) is 0 Å². The zero-order valence-electron chi connectivity index (χ0n) is 13.4. The van der Waals surface area contributed by atoms with Gasteiger partial charge < -0.3 is 10.1 Å². The molecule has 1 aliphatic rings. The molecule has 1 saturated heterocycles. The summed E-state index contributed by atoms with van der Waals surface area (Å²) in [5, 5.41) is 3.26. The zero-order chi connectivity index (χ0) is 15.6. The molecule has 0 radical (unpaired) electrons. The summed E-state index contributed by atoms with van der Waals surface area (Å²) >= 11 is 0. The first-order chi connectivity index (χ1) is 10.1. The Kier molecular flexibility index (Phi) is 9.42. The molecule has 0 saturated carbocycles. The van der Waals surface area contributed by atoms with Gasteiger partial charge in [0.05, 0.1) is 0 Å². The summed E-state index contributed by atoms with van der Waals surface area (Å²) in [5.74, 6) is 0. The number of nitrogens with one attached hydrogen (secondary N) is 2. The summed E-state index contributed by atoms with van der Waals surface area (Å²) < 4.78 is 34.2. The number of likely N-dealkylation sites (N-methyl/N-ethyl adjacent to an activating group) is 1. The fourth-order valence-electron chi connectivity index (χ4n) is 2.64. The standard InChI is InChI=1S/C14H31N3O3S/c1-3-15-13-14-9-5-7-11-17(14)21(18,19)16-10-6-4-8-12-20-2/h14-16H,3-13H2,1-2H3. The summed E-state index contributed by atoms with van der Waals surface area (Å²) in [6.07, 6.45) is 5.83. The van der Waals surface area contributed by atoms with Crippen molar-refractivity contribution in [2.24, 2.45) is 0 Å². The highest BCUT2D eigenvalue weighted by molar-refractivity contribution is 7.87. The number of ether oxygens (including phenoxy) is 1. The second kappa shape index (κ2) is 10.5. The van der Waals surface area contributed by atoms with Crippen LogP contribution >= 0.6 is 0 Å². The molecule has 2 N–H and O–H groups in total. The van der Waals surface area contributed by atoms with Crippen molar-refractivity contribution in [3.8, 4) is 0 Å². The van der Waals surface area contributed by atoms with Crippen molar-refractivity contribution in [2.45, 2.75) is 51.5 Å². The number of nitrogens with zero attached hydrogens (tertiary/aromatic N) is 1. The van der Waals surface area contributed by atoms with Crippen LogP contribution in [0.4, 0.5) is 0 Å². The molecule has 0 aromatic rings. The molecule has 0 bridgehead atoms. The molecule has 1 unspecified atom stereocenters. The van der Waals surface area contributed by atoms with Crippen molar-refractivity contribution < 1.29 is 13.2 Å². The highest BCUT2D eigenvalue weighted by Gasteiger charge is 2.31. The molecule has 1 heterocycles. The van der Waals surface area contributed by atoms with Gasteiger partial charge in [0.15, 0.2) is 0 Å². The van der Waals surface area contributed by atoms with Crippen molar-refractivity contribution in [1.29, 1.82) is 0 Å². The van der Waals surface area contributed by atoms with Gasteiger partial charge in [-0.25, -0.2) is 4.72 Å². The monoisotopic (exact) mass is 321 g/mol. The van der Waals surface area contributed by atoms with E-state index in [0.717, 1.165) is 58.2 Å². The van der Waals surface area contributed by atoms with Crippen molar-refractivity contribution in [1.82, 2.24) is 14.3 Å². The lowest BCUT2D eigenvalue weighted by Gasteiger charge is -2.34. The first-order valence-electron chi connectivity index (χ1n) is 8.08. The third kappa shape index (κ3) is 7.06. The molecule has 0 aliphatic carbocycles. The second-order valence-corrected chi connectivity index (χ2v) is 7.23. The summed E-state index contributed by atoms with van der Waals surface area (Å²) in [4.78, 5) is 0. The largest absolute Gasteiger partial charge is 0.385 e. The Morgan fingerprint density at radius 1 is 1.24 bits per heavy atom. The van der Waals surface area contributed by atoms with E-state index < -0.39 is 10.2 Å². The Balaban J connectivity index is 2.39. The average molecular weight is 321 g/mol. The van der Waals surface area contributed by atoms with Crippen LogP contribution in [-0.4, -0.2) is 58.7 Å². The van der Waals surface area contributed by atoms with Crippen molar-refractivity contribution >= 4 is 10.2 Å². The zero-order valence-corrected chi connectivity index (χ0v) is 14.3. The molecule has 21 heavy (non-hydrogen) atoms. The highest BCUT2D eigenvalue weighted by atomic mass is 32.2. The summed E-state index contributed by atoms with van der Waals surface area (Å²) in [5.41, 5.74) is 0. The van der Waals surface area contributed by atoms with E-state index in [-0.39, 0.29) is 6.04 Å². The van der Waals surface area contributed by atoms with Crippen LogP contribution < -0.4 is 10.0 Å². The van der Waals surface area contributed by atoms with Gasteiger partial charge in [-0.05, 0) is 38.6 Å². The van der Waals surface area contributed by atoms with Crippen LogP contribution in [0.3, 0.4) is 0 Å². The lowest BCUT2D eigenvalue weighted by Crippen LogP contribution is -2.52. The molecule has 0 amide bonds. The van der Waals surface area contributed by atoms with Gasteiger partial charge in [0.1, 0.15) is 0 Å². The van der Waals surface area contributed by atoms with Gasteiger partial charge >= 0.3 is 0 Å². The predicted molar refractivity (Wildman–Crippen MR) is 85.5 cm³/mol. The van der Waals surface area contributed by atoms with Gasteiger partial charge in [0.25, 0.3) is 10.2 Å². The molecule has 1 rings (SSSR count). The molecule has 1 fully saturated rings. The average Bonchev–Trinajstić information content (AvgIpc) is 2.49. The van der Waals surface area contributed by atoms with E-state index in [1.807, 2.05) is 6.92 Å². The van der Waals surface area contributed by atoms with Crippen LogP contribution in [0.2, 0.25) is 0 Å². The Bertz CT molecular complexity index is 362. The Hall–Kier alpha value is -0.210. The van der Waals surface area contributed by atoms with E-state index in [9.17, 15) is 8.42 Å². The molecule has 0 aromatic carbocycles. The minimum absolute atomic E-state index is 0.0877. The lowest BCUT2D eigenvalue weighted by atomic mass is 10.1. The lowest BCUT2D eigenvalue weighted by molar-refractivity contribution is 0.192. The third-order valence-electron chi connectivity index (χ3n) is 3.82. The van der Waals surface area contributed by atoms with Crippen LogP contribution in [-0.2, 0) is 14.9 Å². The minimum Gasteiger partial charge on any atom is -0.385 e. The molecule has 0 spiro atoms. The van der Waals surface area contributed by atoms with E-state index in [2.05, 4.69) is 10.0 Å². The van der Waals surface area contributed by atoms with Gasteiger partial charge in [0.2, 0.25) is 0 Å². The van der Waals surface area contributed by atoms with Crippen LogP contribution in [0, 0.1) is 0 Å². The number of rotatable bonds is 11. The Morgan fingerprint density at radius 3 is 2.76 bits per heavy atom. The first-order valence-corrected chi connectivity index (χ1v) is 9.52. The number of hydrogen-bond acceptors (Lipinski definition) is 4. The van der Waals surface area contributed by atoms with Crippen LogP contribution in [0.15, 0.2) is 0 Å². The first kappa shape index (κ1) is 18.8. The number of hydrogen-bond donors (Lipinski definition) is 2. The summed E-state index contributed by atoms with van der Waals surface area (Å²) in [6.45, 7) is 5.54. The second-order valence-electron chi connectivity index (χ2n) is 5.52. The van der Waals surface area contributed by atoms with E-state index in [1.54, 1.807) is 11.4 Å². The van der Waals surface area contributed by atoms with Crippen molar-refractivity contribution in [3.63, 3.8) is 0 Å².